The van der Waals surface area contributed by atoms with Crippen molar-refractivity contribution < 1.29 is 39.3 Å². The third-order valence-corrected chi connectivity index (χ3v) is 4.29. The first-order chi connectivity index (χ1) is 13.0. The zero-order valence-corrected chi connectivity index (χ0v) is 15.6. The Morgan fingerprint density at radius 3 is 2.21 bits per heavy atom. The van der Waals surface area contributed by atoms with Gasteiger partial charge in [0, 0.05) is 6.54 Å². The van der Waals surface area contributed by atoms with Gasteiger partial charge in [-0.3, -0.25) is 19.2 Å². The van der Waals surface area contributed by atoms with E-state index in [4.69, 9.17) is 15.9 Å². The van der Waals surface area contributed by atoms with Crippen LogP contribution in [0, 0.1) is 0 Å². The third kappa shape index (κ3) is 6.16. The van der Waals surface area contributed by atoms with Crippen LogP contribution in [-0.2, 0) is 24.0 Å². The van der Waals surface area contributed by atoms with Crippen LogP contribution in [0.3, 0.4) is 0 Å². The molecular weight excluding hydrogens is 376 g/mol. The molecule has 1 aliphatic rings. The van der Waals surface area contributed by atoms with E-state index in [0.717, 1.165) is 4.90 Å². The molecule has 3 amide bonds. The molecular formula is C16H26N4O8. The standard InChI is InChI=1S/C16H26N4O8/c1-7(17)13(24)19-12(8(2)21)15(26)20-5-3-4-10(20)14(25)18-9(16(27)28)6-11(22)23/h7-10,12,21H,3-6,17H2,1-2H3,(H,18,25)(H,19,24)(H,22,23)(H,27,28). The maximum absolute atomic E-state index is 12.8. The van der Waals surface area contributed by atoms with E-state index < -0.39 is 66.4 Å². The second kappa shape index (κ2) is 9.99. The van der Waals surface area contributed by atoms with E-state index in [2.05, 4.69) is 10.6 Å². The largest absolute Gasteiger partial charge is 0.481 e. The maximum atomic E-state index is 12.8. The quantitative estimate of drug-likeness (QED) is 0.236. The van der Waals surface area contributed by atoms with E-state index in [0.29, 0.717) is 6.42 Å². The van der Waals surface area contributed by atoms with Crippen LogP contribution in [0.25, 0.3) is 0 Å². The summed E-state index contributed by atoms with van der Waals surface area (Å²) in [6, 6.07) is -4.94. The summed E-state index contributed by atoms with van der Waals surface area (Å²) in [5, 5.41) is 32.1. The van der Waals surface area contributed by atoms with Gasteiger partial charge in [-0.15, -0.1) is 0 Å². The summed E-state index contributed by atoms with van der Waals surface area (Å²) in [5.74, 6) is -5.11. The molecule has 7 N–H and O–H groups in total. The van der Waals surface area contributed by atoms with Crippen molar-refractivity contribution in [2.24, 2.45) is 5.73 Å². The normalized spacial score (nSPS) is 20.6. The number of carbonyl (C=O) groups is 5. The number of hydrogen-bond donors (Lipinski definition) is 6. The fourth-order valence-corrected chi connectivity index (χ4v) is 2.80. The number of aliphatic carboxylic acids is 2. The Morgan fingerprint density at radius 2 is 1.75 bits per heavy atom. The Morgan fingerprint density at radius 1 is 1.14 bits per heavy atom. The van der Waals surface area contributed by atoms with Crippen molar-refractivity contribution in [2.45, 2.75) is 63.4 Å². The summed E-state index contributed by atoms with van der Waals surface area (Å²) in [6.07, 6.45) is -1.42. The second-order valence-electron chi connectivity index (χ2n) is 6.70. The highest BCUT2D eigenvalue weighted by Gasteiger charge is 2.40. The first-order valence-electron chi connectivity index (χ1n) is 8.75. The van der Waals surface area contributed by atoms with E-state index >= 15 is 0 Å². The smallest absolute Gasteiger partial charge is 0.326 e. The lowest BCUT2D eigenvalue weighted by molar-refractivity contribution is -0.149. The van der Waals surface area contributed by atoms with Gasteiger partial charge in [0.15, 0.2) is 0 Å². The summed E-state index contributed by atoms with van der Waals surface area (Å²) in [6.45, 7) is 2.85. The first kappa shape index (κ1) is 23.3. The highest BCUT2D eigenvalue weighted by atomic mass is 16.4. The van der Waals surface area contributed by atoms with E-state index in [1.807, 2.05) is 0 Å². The molecule has 1 fully saturated rings. The third-order valence-electron chi connectivity index (χ3n) is 4.29. The Hall–Kier alpha value is -2.73. The topological polar surface area (TPSA) is 199 Å². The molecule has 158 valence electrons. The van der Waals surface area contributed by atoms with E-state index in [1.54, 1.807) is 0 Å². The fraction of sp³-hybridized carbons (Fsp3) is 0.688. The van der Waals surface area contributed by atoms with Crippen molar-refractivity contribution >= 4 is 29.7 Å². The number of aliphatic hydroxyl groups is 1. The molecule has 0 radical (unpaired) electrons. The van der Waals surface area contributed by atoms with Crippen molar-refractivity contribution in [3.05, 3.63) is 0 Å². The Balaban J connectivity index is 2.92. The van der Waals surface area contributed by atoms with E-state index in [9.17, 15) is 29.1 Å². The van der Waals surface area contributed by atoms with E-state index in [-0.39, 0.29) is 13.0 Å². The van der Waals surface area contributed by atoms with Crippen molar-refractivity contribution in [2.75, 3.05) is 6.54 Å². The molecule has 1 heterocycles. The van der Waals surface area contributed by atoms with Gasteiger partial charge in [-0.05, 0) is 26.7 Å². The zero-order chi connectivity index (χ0) is 21.6. The molecule has 5 atom stereocenters. The van der Waals surface area contributed by atoms with Crippen LogP contribution in [0.4, 0.5) is 0 Å². The predicted octanol–water partition coefficient (Wildman–Crippen LogP) is -2.77. The van der Waals surface area contributed by atoms with Gasteiger partial charge in [0.25, 0.3) is 0 Å². The molecule has 0 bridgehead atoms. The SMILES string of the molecule is CC(N)C(=O)NC(C(=O)N1CCCC1C(=O)NC(CC(=O)O)C(=O)O)C(C)O. The van der Waals surface area contributed by atoms with E-state index in [1.165, 1.54) is 13.8 Å². The summed E-state index contributed by atoms with van der Waals surface area (Å²) in [7, 11) is 0. The molecule has 12 nitrogen and oxygen atoms in total. The number of aliphatic hydroxyl groups excluding tert-OH is 1. The van der Waals surface area contributed by atoms with Gasteiger partial charge in [-0.2, -0.15) is 0 Å². The molecule has 12 heteroatoms. The molecule has 0 aromatic heterocycles. The minimum atomic E-state index is -1.65. The van der Waals surface area contributed by atoms with Gasteiger partial charge >= 0.3 is 11.9 Å². The lowest BCUT2D eigenvalue weighted by Crippen LogP contribution is -2.59. The van der Waals surface area contributed by atoms with Crippen molar-refractivity contribution in [3.8, 4) is 0 Å². The number of likely N-dealkylation sites (tertiary alicyclic amines) is 1. The van der Waals surface area contributed by atoms with Crippen LogP contribution >= 0.6 is 0 Å². The van der Waals surface area contributed by atoms with Crippen molar-refractivity contribution in [1.29, 1.82) is 0 Å². The number of nitrogens with two attached hydrogens (primary N) is 1. The molecule has 0 saturated carbocycles. The number of amides is 3. The molecule has 28 heavy (non-hydrogen) atoms. The number of carboxylic acid groups (broad SMARTS) is 2. The lowest BCUT2D eigenvalue weighted by Gasteiger charge is -2.30. The van der Waals surface area contributed by atoms with Gasteiger partial charge in [0.2, 0.25) is 17.7 Å². The molecule has 0 aromatic rings. The first-order valence-corrected chi connectivity index (χ1v) is 8.75. The van der Waals surface area contributed by atoms with Crippen LogP contribution in [0.1, 0.15) is 33.1 Å². The van der Waals surface area contributed by atoms with Crippen LogP contribution < -0.4 is 16.4 Å². The summed E-state index contributed by atoms with van der Waals surface area (Å²) in [5.41, 5.74) is 5.45. The highest BCUT2D eigenvalue weighted by molar-refractivity contribution is 5.95. The molecule has 0 aromatic carbocycles. The number of nitrogens with zero attached hydrogens (tertiary/aromatic N) is 1. The maximum Gasteiger partial charge on any atom is 0.326 e. The van der Waals surface area contributed by atoms with Gasteiger partial charge in [0.1, 0.15) is 18.1 Å². The number of hydrogen-bond acceptors (Lipinski definition) is 7. The Labute approximate surface area is 161 Å². The number of nitrogens with one attached hydrogen (secondary N) is 2. The summed E-state index contributed by atoms with van der Waals surface area (Å²) >= 11 is 0. The number of carboxylic acids is 2. The second-order valence-corrected chi connectivity index (χ2v) is 6.70. The van der Waals surface area contributed by atoms with Gasteiger partial charge < -0.3 is 36.6 Å². The zero-order valence-electron chi connectivity index (χ0n) is 15.6. The van der Waals surface area contributed by atoms with Crippen LogP contribution in [0.15, 0.2) is 0 Å². The van der Waals surface area contributed by atoms with Crippen LogP contribution in [0.5, 0.6) is 0 Å². The average molecular weight is 402 g/mol. The monoisotopic (exact) mass is 402 g/mol. The predicted molar refractivity (Wildman–Crippen MR) is 93.8 cm³/mol. The van der Waals surface area contributed by atoms with Crippen molar-refractivity contribution in [1.82, 2.24) is 15.5 Å². The highest BCUT2D eigenvalue weighted by Crippen LogP contribution is 2.20. The Kier molecular flexibility index (Phi) is 8.32. The summed E-state index contributed by atoms with van der Waals surface area (Å²) in [4.78, 5) is 60.0. The summed E-state index contributed by atoms with van der Waals surface area (Å²) < 4.78 is 0. The average Bonchev–Trinajstić information content (AvgIpc) is 3.07. The van der Waals surface area contributed by atoms with Crippen molar-refractivity contribution in [3.63, 3.8) is 0 Å². The minimum absolute atomic E-state index is 0.158. The molecule has 1 aliphatic heterocycles. The molecule has 1 saturated heterocycles. The van der Waals surface area contributed by atoms with Crippen LogP contribution in [0.2, 0.25) is 0 Å². The molecule has 5 unspecified atom stereocenters. The fourth-order valence-electron chi connectivity index (χ4n) is 2.80. The van der Waals surface area contributed by atoms with Gasteiger partial charge in [-0.25, -0.2) is 4.79 Å². The molecule has 0 spiro atoms. The van der Waals surface area contributed by atoms with Gasteiger partial charge in [0.05, 0.1) is 18.6 Å². The lowest BCUT2D eigenvalue weighted by atomic mass is 10.1. The van der Waals surface area contributed by atoms with Crippen LogP contribution in [-0.4, -0.2) is 86.7 Å². The molecule has 0 aliphatic carbocycles. The molecule has 1 rings (SSSR count). The van der Waals surface area contributed by atoms with Gasteiger partial charge in [-0.1, -0.05) is 0 Å². The Bertz CT molecular complexity index is 636. The minimum Gasteiger partial charge on any atom is -0.481 e. The number of carbonyl (C=O) groups excluding carboxylic acids is 3. The number of rotatable bonds is 9.